The molecule has 2 aliphatic heterocycles. The van der Waals surface area contributed by atoms with Gasteiger partial charge in [0.05, 0.1) is 25.3 Å². The van der Waals surface area contributed by atoms with E-state index in [2.05, 4.69) is 27.2 Å². The summed E-state index contributed by atoms with van der Waals surface area (Å²) in [6.45, 7) is 4.69. The van der Waals surface area contributed by atoms with Gasteiger partial charge in [-0.05, 0) is 43.2 Å². The first-order chi connectivity index (χ1) is 15.6. The molecule has 0 unspecified atom stereocenters. The highest BCUT2D eigenvalue weighted by molar-refractivity contribution is 5.96. The molecule has 2 N–H and O–H groups in total. The Morgan fingerprint density at radius 2 is 2.00 bits per heavy atom. The summed E-state index contributed by atoms with van der Waals surface area (Å²) >= 11 is 0. The van der Waals surface area contributed by atoms with Crippen LogP contribution in [0.25, 0.3) is 0 Å². The lowest BCUT2D eigenvalue weighted by molar-refractivity contribution is 0.0697. The number of aliphatic imine (C=N–C) groups is 1. The van der Waals surface area contributed by atoms with Gasteiger partial charge in [-0.1, -0.05) is 12.1 Å². The Balaban J connectivity index is 1.46. The summed E-state index contributed by atoms with van der Waals surface area (Å²) in [5.41, 5.74) is 2.10. The van der Waals surface area contributed by atoms with Gasteiger partial charge in [0.2, 0.25) is 0 Å². The number of rotatable bonds is 6. The topological polar surface area (TPSA) is 86.6 Å². The van der Waals surface area contributed by atoms with Crippen molar-refractivity contribution < 1.29 is 19.4 Å². The average molecular weight is 439 g/mol. The molecule has 0 saturated carbocycles. The van der Waals surface area contributed by atoms with E-state index in [0.29, 0.717) is 12.2 Å². The largest absolute Gasteiger partial charge is 0.497 e. The third-order valence-electron chi connectivity index (χ3n) is 5.83. The highest BCUT2D eigenvalue weighted by Gasteiger charge is 2.22. The van der Waals surface area contributed by atoms with Crippen molar-refractivity contribution in [1.29, 1.82) is 0 Å². The zero-order valence-electron chi connectivity index (χ0n) is 18.4. The molecule has 2 heterocycles. The number of piperazine rings is 1. The van der Waals surface area contributed by atoms with Gasteiger partial charge in [0.1, 0.15) is 5.75 Å². The molecule has 0 radical (unpaired) electrons. The van der Waals surface area contributed by atoms with Gasteiger partial charge in [0.15, 0.2) is 5.96 Å². The molecule has 0 amide bonds. The van der Waals surface area contributed by atoms with Crippen LogP contribution in [0, 0.1) is 0 Å². The van der Waals surface area contributed by atoms with Crippen LogP contribution in [0.15, 0.2) is 53.5 Å². The molecule has 2 saturated heterocycles. The average Bonchev–Trinajstić information content (AvgIpc) is 3.36. The molecule has 8 nitrogen and oxygen atoms in total. The summed E-state index contributed by atoms with van der Waals surface area (Å²) in [4.78, 5) is 20.8. The highest BCUT2D eigenvalue weighted by Crippen LogP contribution is 2.22. The Morgan fingerprint density at radius 3 is 2.72 bits per heavy atom. The van der Waals surface area contributed by atoms with E-state index < -0.39 is 5.97 Å². The van der Waals surface area contributed by atoms with E-state index in [4.69, 9.17) is 14.5 Å². The number of hydrogen-bond donors (Lipinski definition) is 2. The first kappa shape index (κ1) is 22.0. The summed E-state index contributed by atoms with van der Waals surface area (Å²) in [6, 6.07) is 14.9. The minimum atomic E-state index is -0.946. The summed E-state index contributed by atoms with van der Waals surface area (Å²) < 4.78 is 11.1. The van der Waals surface area contributed by atoms with Gasteiger partial charge in [0.25, 0.3) is 0 Å². The van der Waals surface area contributed by atoms with Crippen molar-refractivity contribution in [3.8, 4) is 5.75 Å². The van der Waals surface area contributed by atoms with Crippen molar-refractivity contribution >= 4 is 23.3 Å². The number of carboxylic acids is 1. The van der Waals surface area contributed by atoms with Gasteiger partial charge in [-0.25, -0.2) is 4.79 Å². The van der Waals surface area contributed by atoms with Gasteiger partial charge < -0.3 is 29.7 Å². The van der Waals surface area contributed by atoms with Crippen LogP contribution in [0.4, 0.5) is 11.4 Å². The number of hydrogen-bond acceptors (Lipinski definition) is 5. The van der Waals surface area contributed by atoms with E-state index in [9.17, 15) is 9.90 Å². The molecule has 0 aromatic heterocycles. The third-order valence-corrected chi connectivity index (χ3v) is 5.83. The van der Waals surface area contributed by atoms with Crippen LogP contribution in [-0.4, -0.2) is 74.5 Å². The first-order valence-electron chi connectivity index (χ1n) is 11.0. The molecule has 2 aliphatic rings. The second-order valence-corrected chi connectivity index (χ2v) is 7.99. The number of anilines is 2. The minimum Gasteiger partial charge on any atom is -0.497 e. The fraction of sp³-hybridized carbons (Fsp3) is 0.417. The molecule has 0 bridgehead atoms. The number of nitrogens with zero attached hydrogens (tertiary/aromatic N) is 3. The number of methoxy groups -OCH3 is 1. The number of nitrogens with one attached hydrogen (secondary N) is 1. The SMILES string of the molecule is COc1cccc(N2CCN(C(=NC[C@H]3CCCO3)Nc3cccc(C(=O)O)c3)CC2)c1. The van der Waals surface area contributed by atoms with Gasteiger partial charge >= 0.3 is 5.97 Å². The Kier molecular flexibility index (Phi) is 7.11. The van der Waals surface area contributed by atoms with Crippen molar-refractivity contribution in [3.05, 3.63) is 54.1 Å². The Morgan fingerprint density at radius 1 is 1.19 bits per heavy atom. The number of aromatic carboxylic acids is 1. The van der Waals surface area contributed by atoms with Crippen molar-refractivity contribution in [2.45, 2.75) is 18.9 Å². The Bertz CT molecular complexity index is 951. The van der Waals surface area contributed by atoms with Crippen LogP contribution in [-0.2, 0) is 4.74 Å². The predicted octanol–water partition coefficient (Wildman–Crippen LogP) is 3.16. The molecule has 2 aromatic rings. The number of carboxylic acid groups (broad SMARTS) is 1. The fourth-order valence-electron chi connectivity index (χ4n) is 4.04. The molecular formula is C24H30N4O4. The molecule has 32 heavy (non-hydrogen) atoms. The maximum atomic E-state index is 11.4. The number of guanidine groups is 1. The Labute approximate surface area is 188 Å². The third kappa shape index (κ3) is 5.50. The predicted molar refractivity (Wildman–Crippen MR) is 125 cm³/mol. The van der Waals surface area contributed by atoms with Crippen LogP contribution in [0.2, 0.25) is 0 Å². The first-order valence-corrected chi connectivity index (χ1v) is 11.0. The van der Waals surface area contributed by atoms with Gasteiger partial charge in [-0.2, -0.15) is 0 Å². The fourth-order valence-corrected chi connectivity index (χ4v) is 4.04. The van der Waals surface area contributed by atoms with E-state index in [0.717, 1.165) is 63.0 Å². The summed E-state index contributed by atoms with van der Waals surface area (Å²) in [5.74, 6) is 0.662. The molecule has 1 atom stereocenters. The number of benzene rings is 2. The zero-order valence-corrected chi connectivity index (χ0v) is 18.4. The van der Waals surface area contributed by atoms with Crippen LogP contribution >= 0.6 is 0 Å². The quantitative estimate of drug-likeness (QED) is 0.529. The Hall–Kier alpha value is -3.26. The smallest absolute Gasteiger partial charge is 0.335 e. The van der Waals surface area contributed by atoms with E-state index in [1.165, 1.54) is 0 Å². The lowest BCUT2D eigenvalue weighted by Crippen LogP contribution is -2.51. The number of ether oxygens (including phenoxy) is 2. The van der Waals surface area contributed by atoms with E-state index >= 15 is 0 Å². The molecule has 2 fully saturated rings. The monoisotopic (exact) mass is 438 g/mol. The molecule has 0 aliphatic carbocycles. The second kappa shape index (κ2) is 10.4. The highest BCUT2D eigenvalue weighted by atomic mass is 16.5. The molecule has 2 aromatic carbocycles. The minimum absolute atomic E-state index is 0.148. The van der Waals surface area contributed by atoms with E-state index in [1.54, 1.807) is 25.3 Å². The van der Waals surface area contributed by atoms with Gasteiger partial charge in [-0.15, -0.1) is 0 Å². The van der Waals surface area contributed by atoms with Crippen LogP contribution in [0.3, 0.4) is 0 Å². The summed E-state index contributed by atoms with van der Waals surface area (Å²) in [5, 5.41) is 12.7. The van der Waals surface area contributed by atoms with Crippen LogP contribution in [0.5, 0.6) is 5.75 Å². The van der Waals surface area contributed by atoms with Crippen LogP contribution in [0.1, 0.15) is 23.2 Å². The molecule has 170 valence electrons. The summed E-state index contributed by atoms with van der Waals surface area (Å²) in [6.07, 6.45) is 2.24. The zero-order chi connectivity index (χ0) is 22.3. The lowest BCUT2D eigenvalue weighted by Gasteiger charge is -2.38. The molecule has 8 heteroatoms. The molecule has 4 rings (SSSR count). The van der Waals surface area contributed by atoms with Crippen molar-refractivity contribution in [2.24, 2.45) is 4.99 Å². The van der Waals surface area contributed by atoms with Crippen molar-refractivity contribution in [1.82, 2.24) is 4.90 Å². The normalized spacial score (nSPS) is 19.2. The van der Waals surface area contributed by atoms with E-state index in [1.807, 2.05) is 18.2 Å². The van der Waals surface area contributed by atoms with Crippen LogP contribution < -0.4 is 15.0 Å². The van der Waals surface area contributed by atoms with E-state index in [-0.39, 0.29) is 11.7 Å². The molecular weight excluding hydrogens is 408 g/mol. The second-order valence-electron chi connectivity index (χ2n) is 7.99. The summed E-state index contributed by atoms with van der Waals surface area (Å²) in [7, 11) is 1.68. The molecule has 0 spiro atoms. The lowest BCUT2D eigenvalue weighted by atomic mass is 10.2. The van der Waals surface area contributed by atoms with Gasteiger partial charge in [0, 0.05) is 50.2 Å². The van der Waals surface area contributed by atoms with Crippen molar-refractivity contribution in [2.75, 3.05) is 56.7 Å². The maximum Gasteiger partial charge on any atom is 0.335 e. The van der Waals surface area contributed by atoms with Gasteiger partial charge in [-0.3, -0.25) is 4.99 Å². The van der Waals surface area contributed by atoms with Crippen molar-refractivity contribution in [3.63, 3.8) is 0 Å². The standard InChI is InChI=1S/C24H30N4O4/c1-31-21-8-3-7-20(16-21)27-10-12-28(13-11-27)24(25-17-22-9-4-14-32-22)26-19-6-2-5-18(15-19)23(29)30/h2-3,5-8,15-16,22H,4,9-14,17H2,1H3,(H,25,26)(H,29,30)/t22-/m1/s1. The maximum absolute atomic E-state index is 11.4. The number of carbonyl (C=O) groups is 1.